The largest absolute Gasteiger partial charge is 0.468 e. The van der Waals surface area contributed by atoms with Crippen molar-refractivity contribution in [1.29, 1.82) is 0 Å². The normalized spacial score (nSPS) is 30.9. The van der Waals surface area contributed by atoms with E-state index in [0.717, 1.165) is 22.2 Å². The van der Waals surface area contributed by atoms with Crippen molar-refractivity contribution in [3.8, 4) is 5.75 Å². The van der Waals surface area contributed by atoms with Crippen LogP contribution >= 0.6 is 28.1 Å². The average molecular weight is 299 g/mol. The third kappa shape index (κ3) is 1.58. The quantitative estimate of drug-likeness (QED) is 0.721. The van der Waals surface area contributed by atoms with Gasteiger partial charge in [0.05, 0.1) is 6.04 Å². The number of hydrogen-bond donors (Lipinski definition) is 2. The highest BCUT2D eigenvalue weighted by atomic mass is 79.9. The van der Waals surface area contributed by atoms with Crippen LogP contribution in [0.2, 0.25) is 0 Å². The van der Waals surface area contributed by atoms with E-state index in [-0.39, 0.29) is 11.8 Å². The van der Waals surface area contributed by atoms with Crippen LogP contribution in [0.15, 0.2) is 22.7 Å². The zero-order chi connectivity index (χ0) is 11.3. The van der Waals surface area contributed by atoms with Crippen molar-refractivity contribution < 1.29 is 4.74 Å². The Morgan fingerprint density at radius 2 is 2.38 bits per heavy atom. The summed E-state index contributed by atoms with van der Waals surface area (Å²) in [7, 11) is 0. The van der Waals surface area contributed by atoms with Gasteiger partial charge in [-0.2, -0.15) is 0 Å². The lowest BCUT2D eigenvalue weighted by Gasteiger charge is -2.45. The van der Waals surface area contributed by atoms with Crippen LogP contribution in [-0.2, 0) is 0 Å². The van der Waals surface area contributed by atoms with Crippen LogP contribution in [0.4, 0.5) is 0 Å². The average Bonchev–Trinajstić information content (AvgIpc) is 2.17. The Balaban J connectivity index is 2.10. The maximum atomic E-state index is 5.96. The number of thiocarbonyl (C=S) groups is 1. The Morgan fingerprint density at radius 1 is 1.56 bits per heavy atom. The number of nitrogens with one attached hydrogen (secondary N) is 2. The molecule has 2 N–H and O–H groups in total. The molecule has 5 heteroatoms. The van der Waals surface area contributed by atoms with Gasteiger partial charge >= 0.3 is 0 Å². The summed E-state index contributed by atoms with van der Waals surface area (Å²) in [5.74, 6) is 0.921. The third-order valence-corrected chi connectivity index (χ3v) is 3.67. The van der Waals surface area contributed by atoms with Crippen LogP contribution in [0, 0.1) is 0 Å². The molecular weight excluding hydrogens is 288 g/mol. The molecule has 3 rings (SSSR count). The van der Waals surface area contributed by atoms with Gasteiger partial charge in [0.25, 0.3) is 0 Å². The number of hydrogen-bond acceptors (Lipinski definition) is 2. The van der Waals surface area contributed by atoms with Gasteiger partial charge < -0.3 is 15.4 Å². The molecule has 0 aliphatic carbocycles. The van der Waals surface area contributed by atoms with Crippen LogP contribution in [0.1, 0.15) is 24.9 Å². The molecule has 84 valence electrons. The topological polar surface area (TPSA) is 33.3 Å². The van der Waals surface area contributed by atoms with E-state index >= 15 is 0 Å². The number of benzene rings is 1. The summed E-state index contributed by atoms with van der Waals surface area (Å²) in [4.78, 5) is 0. The fourth-order valence-corrected chi connectivity index (χ4v) is 3.05. The highest BCUT2D eigenvalue weighted by molar-refractivity contribution is 9.10. The molecule has 3 nitrogen and oxygen atoms in total. The number of fused-ring (bicyclic) bond motifs is 4. The van der Waals surface area contributed by atoms with Crippen LogP contribution in [0.25, 0.3) is 0 Å². The molecule has 1 fully saturated rings. The van der Waals surface area contributed by atoms with E-state index in [4.69, 9.17) is 17.0 Å². The van der Waals surface area contributed by atoms with Gasteiger partial charge in [0.1, 0.15) is 5.75 Å². The zero-order valence-electron chi connectivity index (χ0n) is 8.71. The SMILES string of the molecule is C[C@]12C[C@@H](NC(=S)N1)c1cc(Br)ccc1O2. The molecule has 1 saturated heterocycles. The van der Waals surface area contributed by atoms with E-state index in [2.05, 4.69) is 32.6 Å². The summed E-state index contributed by atoms with van der Waals surface area (Å²) in [6.07, 6.45) is 0.872. The Hall–Kier alpha value is -0.810. The van der Waals surface area contributed by atoms with Crippen LogP contribution in [0.3, 0.4) is 0 Å². The molecule has 16 heavy (non-hydrogen) atoms. The molecule has 1 aromatic carbocycles. The molecule has 1 aromatic rings. The Kier molecular flexibility index (Phi) is 2.16. The van der Waals surface area contributed by atoms with E-state index in [1.807, 2.05) is 19.1 Å². The maximum Gasteiger partial charge on any atom is 0.181 e. The van der Waals surface area contributed by atoms with Crippen molar-refractivity contribution in [3.05, 3.63) is 28.2 Å². The first-order valence-electron chi connectivity index (χ1n) is 5.13. The van der Waals surface area contributed by atoms with Gasteiger partial charge in [0.2, 0.25) is 0 Å². The van der Waals surface area contributed by atoms with Gasteiger partial charge in [-0.15, -0.1) is 0 Å². The van der Waals surface area contributed by atoms with Gasteiger partial charge in [0.15, 0.2) is 10.8 Å². The Bertz CT molecular complexity index is 479. The van der Waals surface area contributed by atoms with Gasteiger partial charge in [0, 0.05) is 16.5 Å². The van der Waals surface area contributed by atoms with Crippen molar-refractivity contribution in [2.45, 2.75) is 25.1 Å². The highest BCUT2D eigenvalue weighted by Crippen LogP contribution is 2.41. The van der Waals surface area contributed by atoms with Crippen molar-refractivity contribution >= 4 is 33.3 Å². The summed E-state index contributed by atoms with van der Waals surface area (Å²) in [6.45, 7) is 2.03. The first-order chi connectivity index (χ1) is 7.56. The summed E-state index contributed by atoms with van der Waals surface area (Å²) in [5.41, 5.74) is 0.782. The minimum Gasteiger partial charge on any atom is -0.468 e. The summed E-state index contributed by atoms with van der Waals surface area (Å²) in [6, 6.07) is 6.30. The van der Waals surface area contributed by atoms with Crippen molar-refractivity contribution in [1.82, 2.24) is 10.6 Å². The fraction of sp³-hybridized carbons (Fsp3) is 0.364. The second kappa shape index (κ2) is 3.34. The third-order valence-electron chi connectivity index (χ3n) is 2.96. The van der Waals surface area contributed by atoms with E-state index in [0.29, 0.717) is 5.11 Å². The number of ether oxygens (including phenoxy) is 1. The predicted octanol–water partition coefficient (Wildman–Crippen LogP) is 2.47. The standard InChI is InChI=1S/C11H11BrN2OS/c1-11-5-8(13-10(16)14-11)7-4-6(12)2-3-9(7)15-11/h2-4,8H,5H2,1H3,(H2,13,14,16)/t8-,11+/m1/s1. The summed E-state index contributed by atoms with van der Waals surface area (Å²) >= 11 is 8.66. The molecule has 2 bridgehead atoms. The second-order valence-corrected chi connectivity index (χ2v) is 5.69. The molecule has 2 atom stereocenters. The lowest BCUT2D eigenvalue weighted by atomic mass is 9.92. The maximum absolute atomic E-state index is 5.96. The summed E-state index contributed by atoms with van der Waals surface area (Å²) in [5, 5.41) is 7.10. The van der Waals surface area contributed by atoms with Crippen LogP contribution in [0.5, 0.6) is 5.75 Å². The van der Waals surface area contributed by atoms with E-state index in [9.17, 15) is 0 Å². The zero-order valence-corrected chi connectivity index (χ0v) is 11.1. The number of halogens is 1. The second-order valence-electron chi connectivity index (χ2n) is 4.37. The Morgan fingerprint density at radius 3 is 3.19 bits per heavy atom. The molecule has 2 aliphatic rings. The number of rotatable bonds is 0. The van der Waals surface area contributed by atoms with Gasteiger partial charge in [-0.3, -0.25) is 0 Å². The smallest absolute Gasteiger partial charge is 0.181 e. The molecule has 0 spiro atoms. The van der Waals surface area contributed by atoms with Gasteiger partial charge in [-0.25, -0.2) is 0 Å². The predicted molar refractivity (Wildman–Crippen MR) is 69.4 cm³/mol. The molecule has 0 aromatic heterocycles. The van der Waals surface area contributed by atoms with Crippen molar-refractivity contribution in [2.24, 2.45) is 0 Å². The highest BCUT2D eigenvalue weighted by Gasteiger charge is 2.41. The van der Waals surface area contributed by atoms with Crippen molar-refractivity contribution in [2.75, 3.05) is 0 Å². The minimum absolute atomic E-state index is 0.236. The molecular formula is C11H11BrN2OS. The van der Waals surface area contributed by atoms with Crippen LogP contribution < -0.4 is 15.4 Å². The van der Waals surface area contributed by atoms with Gasteiger partial charge in [-0.05, 0) is 37.3 Å². The molecule has 2 heterocycles. The molecule has 0 radical (unpaired) electrons. The molecule has 0 amide bonds. The van der Waals surface area contributed by atoms with E-state index < -0.39 is 0 Å². The summed E-state index contributed by atoms with van der Waals surface area (Å²) < 4.78 is 7.02. The van der Waals surface area contributed by atoms with E-state index in [1.54, 1.807) is 0 Å². The molecule has 0 saturated carbocycles. The fourth-order valence-electron chi connectivity index (χ4n) is 2.31. The van der Waals surface area contributed by atoms with E-state index in [1.165, 1.54) is 0 Å². The van der Waals surface area contributed by atoms with Crippen molar-refractivity contribution in [3.63, 3.8) is 0 Å². The Labute approximate surface area is 108 Å². The molecule has 2 aliphatic heterocycles. The lowest BCUT2D eigenvalue weighted by molar-refractivity contribution is 0.0250. The lowest BCUT2D eigenvalue weighted by Crippen LogP contribution is -2.62. The monoisotopic (exact) mass is 298 g/mol. The van der Waals surface area contributed by atoms with Crippen LogP contribution in [-0.4, -0.2) is 10.8 Å². The van der Waals surface area contributed by atoms with Gasteiger partial charge in [-0.1, -0.05) is 15.9 Å². The minimum atomic E-state index is -0.381. The molecule has 0 unspecified atom stereocenters. The first-order valence-corrected chi connectivity index (χ1v) is 6.33. The first kappa shape index (κ1) is 10.4.